The van der Waals surface area contributed by atoms with Crippen molar-refractivity contribution < 1.29 is 0 Å². The Morgan fingerprint density at radius 3 is 2.27 bits per heavy atom. The molecule has 0 atom stereocenters. The van der Waals surface area contributed by atoms with Crippen LogP contribution in [0, 0.1) is 0 Å². The second-order valence-electron chi connectivity index (χ2n) is 2.71. The van der Waals surface area contributed by atoms with Crippen LogP contribution in [0.5, 0.6) is 0 Å². The fraction of sp³-hybridized carbons (Fsp3) is 0.400. The van der Waals surface area contributed by atoms with Gasteiger partial charge in [-0.05, 0) is 26.3 Å². The fourth-order valence-electron chi connectivity index (χ4n) is 0.645. The first kappa shape index (κ1) is 11.0. The molecular formula is C10H15I. The highest BCUT2D eigenvalue weighted by molar-refractivity contribution is 14.1. The summed E-state index contributed by atoms with van der Waals surface area (Å²) < 4.78 is 1.07. The van der Waals surface area contributed by atoms with Crippen LogP contribution in [0.4, 0.5) is 0 Å². The SMILES string of the molecule is C=C(C)/C(C)=C\C(C)=C/CI. The van der Waals surface area contributed by atoms with Gasteiger partial charge in [0.15, 0.2) is 0 Å². The Balaban J connectivity index is 4.30. The van der Waals surface area contributed by atoms with E-state index in [4.69, 9.17) is 0 Å². The molecule has 0 bridgehead atoms. The maximum atomic E-state index is 3.87. The highest BCUT2D eigenvalue weighted by atomic mass is 127. The third-order valence-electron chi connectivity index (χ3n) is 1.52. The monoisotopic (exact) mass is 262 g/mol. The zero-order valence-electron chi connectivity index (χ0n) is 7.45. The standard InChI is InChI=1S/C10H15I/c1-8(2)10(4)7-9(3)5-6-11/h5,7H,1,6H2,2-4H3/b9-5-,10-7-. The Kier molecular flexibility index (Phi) is 5.56. The van der Waals surface area contributed by atoms with Gasteiger partial charge in [0.1, 0.15) is 0 Å². The van der Waals surface area contributed by atoms with E-state index in [9.17, 15) is 0 Å². The zero-order chi connectivity index (χ0) is 8.85. The minimum absolute atomic E-state index is 1.07. The molecule has 1 heteroatoms. The largest absolute Gasteiger partial charge is 0.0958 e. The third-order valence-corrected chi connectivity index (χ3v) is 1.96. The van der Waals surface area contributed by atoms with Gasteiger partial charge >= 0.3 is 0 Å². The van der Waals surface area contributed by atoms with Gasteiger partial charge in [0, 0.05) is 4.43 Å². The molecule has 62 valence electrons. The van der Waals surface area contributed by atoms with Crippen LogP contribution in [0.25, 0.3) is 0 Å². The van der Waals surface area contributed by atoms with Crippen LogP contribution < -0.4 is 0 Å². The lowest BCUT2D eigenvalue weighted by atomic mass is 10.1. The lowest BCUT2D eigenvalue weighted by molar-refractivity contribution is 1.33. The molecule has 0 N–H and O–H groups in total. The van der Waals surface area contributed by atoms with E-state index >= 15 is 0 Å². The predicted octanol–water partition coefficient (Wildman–Crippen LogP) is 3.89. The number of hydrogen-bond donors (Lipinski definition) is 0. The molecule has 0 aromatic rings. The van der Waals surface area contributed by atoms with Crippen molar-refractivity contribution in [2.24, 2.45) is 0 Å². The number of rotatable bonds is 3. The molecule has 0 fully saturated rings. The van der Waals surface area contributed by atoms with Gasteiger partial charge in [-0.3, -0.25) is 0 Å². The first-order valence-electron chi connectivity index (χ1n) is 3.65. The van der Waals surface area contributed by atoms with Crippen molar-refractivity contribution in [1.82, 2.24) is 0 Å². The molecule has 0 heterocycles. The first-order chi connectivity index (χ1) is 5.07. The zero-order valence-corrected chi connectivity index (χ0v) is 9.60. The molecule has 0 aromatic heterocycles. The molecule has 0 aliphatic heterocycles. The quantitative estimate of drug-likeness (QED) is 0.411. The molecule has 0 unspecified atom stereocenters. The Morgan fingerprint density at radius 1 is 1.36 bits per heavy atom. The number of hydrogen-bond acceptors (Lipinski definition) is 0. The average molecular weight is 262 g/mol. The molecule has 0 aliphatic rings. The van der Waals surface area contributed by atoms with Crippen molar-refractivity contribution in [3.05, 3.63) is 35.5 Å². The predicted molar refractivity (Wildman–Crippen MR) is 61.2 cm³/mol. The van der Waals surface area contributed by atoms with Crippen LogP contribution in [0.1, 0.15) is 20.8 Å². The Morgan fingerprint density at radius 2 is 1.91 bits per heavy atom. The summed E-state index contributed by atoms with van der Waals surface area (Å²) in [6, 6.07) is 0. The summed E-state index contributed by atoms with van der Waals surface area (Å²) in [5.41, 5.74) is 3.73. The van der Waals surface area contributed by atoms with E-state index in [-0.39, 0.29) is 0 Å². The van der Waals surface area contributed by atoms with Gasteiger partial charge < -0.3 is 0 Å². The number of halogens is 1. The van der Waals surface area contributed by atoms with Gasteiger partial charge in [-0.1, -0.05) is 52.5 Å². The normalized spacial score (nSPS) is 13.5. The molecule has 0 rings (SSSR count). The van der Waals surface area contributed by atoms with Crippen molar-refractivity contribution in [1.29, 1.82) is 0 Å². The van der Waals surface area contributed by atoms with Gasteiger partial charge in [-0.25, -0.2) is 0 Å². The van der Waals surface area contributed by atoms with Gasteiger partial charge in [-0.15, -0.1) is 0 Å². The second-order valence-corrected chi connectivity index (χ2v) is 3.59. The summed E-state index contributed by atoms with van der Waals surface area (Å²) in [7, 11) is 0. The van der Waals surface area contributed by atoms with E-state index < -0.39 is 0 Å². The van der Waals surface area contributed by atoms with E-state index in [1.165, 1.54) is 11.1 Å². The van der Waals surface area contributed by atoms with Gasteiger partial charge in [0.05, 0.1) is 0 Å². The fourth-order valence-corrected chi connectivity index (χ4v) is 1.34. The maximum Gasteiger partial charge on any atom is 0.0181 e. The van der Waals surface area contributed by atoms with Gasteiger partial charge in [0.25, 0.3) is 0 Å². The van der Waals surface area contributed by atoms with Crippen LogP contribution in [0.3, 0.4) is 0 Å². The van der Waals surface area contributed by atoms with Crippen molar-refractivity contribution in [2.75, 3.05) is 4.43 Å². The van der Waals surface area contributed by atoms with E-state index in [2.05, 4.69) is 55.2 Å². The van der Waals surface area contributed by atoms with Crippen LogP contribution in [0.2, 0.25) is 0 Å². The maximum absolute atomic E-state index is 3.87. The molecule has 0 radical (unpaired) electrons. The van der Waals surface area contributed by atoms with E-state index in [0.717, 1.165) is 10.0 Å². The van der Waals surface area contributed by atoms with Gasteiger partial charge in [0.2, 0.25) is 0 Å². The van der Waals surface area contributed by atoms with Crippen molar-refractivity contribution in [2.45, 2.75) is 20.8 Å². The summed E-state index contributed by atoms with van der Waals surface area (Å²) in [6.07, 6.45) is 4.37. The van der Waals surface area contributed by atoms with Crippen molar-refractivity contribution in [3.63, 3.8) is 0 Å². The lowest BCUT2D eigenvalue weighted by Crippen LogP contribution is -1.78. The summed E-state index contributed by atoms with van der Waals surface area (Å²) in [5.74, 6) is 0. The minimum atomic E-state index is 1.07. The van der Waals surface area contributed by atoms with E-state index in [1.54, 1.807) is 0 Å². The van der Waals surface area contributed by atoms with Crippen molar-refractivity contribution in [3.8, 4) is 0 Å². The molecule has 11 heavy (non-hydrogen) atoms. The van der Waals surface area contributed by atoms with Crippen LogP contribution in [-0.2, 0) is 0 Å². The molecular weight excluding hydrogens is 247 g/mol. The molecule has 0 saturated heterocycles. The number of allylic oxidation sites excluding steroid dienone is 5. The highest BCUT2D eigenvalue weighted by Gasteiger charge is 1.88. The lowest BCUT2D eigenvalue weighted by Gasteiger charge is -1.98. The molecule has 0 nitrogen and oxygen atoms in total. The van der Waals surface area contributed by atoms with Crippen LogP contribution in [0.15, 0.2) is 35.5 Å². The van der Waals surface area contributed by atoms with Crippen LogP contribution in [-0.4, -0.2) is 4.43 Å². The Bertz CT molecular complexity index is 197. The molecule has 0 aromatic carbocycles. The van der Waals surface area contributed by atoms with E-state index in [1.807, 2.05) is 6.92 Å². The summed E-state index contributed by atoms with van der Waals surface area (Å²) in [4.78, 5) is 0. The smallest absolute Gasteiger partial charge is 0.0181 e. The summed E-state index contributed by atoms with van der Waals surface area (Å²) >= 11 is 2.34. The van der Waals surface area contributed by atoms with Crippen molar-refractivity contribution >= 4 is 22.6 Å². The Hall–Kier alpha value is -0.0500. The Labute approximate surface area is 83.2 Å². The topological polar surface area (TPSA) is 0 Å². The summed E-state index contributed by atoms with van der Waals surface area (Å²) in [6.45, 7) is 10.1. The molecule has 0 aliphatic carbocycles. The van der Waals surface area contributed by atoms with Gasteiger partial charge in [-0.2, -0.15) is 0 Å². The van der Waals surface area contributed by atoms with E-state index in [0.29, 0.717) is 0 Å². The third kappa shape index (κ3) is 5.24. The van der Waals surface area contributed by atoms with Crippen LogP contribution >= 0.6 is 22.6 Å². The summed E-state index contributed by atoms with van der Waals surface area (Å²) in [5, 5.41) is 0. The number of alkyl halides is 1. The molecule has 0 spiro atoms. The highest BCUT2D eigenvalue weighted by Crippen LogP contribution is 2.09. The molecule has 0 saturated carbocycles. The molecule has 0 amide bonds. The average Bonchev–Trinajstić information content (AvgIpc) is 1.87. The first-order valence-corrected chi connectivity index (χ1v) is 5.17. The minimum Gasteiger partial charge on any atom is -0.0958 e. The second kappa shape index (κ2) is 5.58.